The molecule has 5 saturated heterocycles. The fraction of sp³-hybridized carbons (Fsp3) is 0.950. The largest absolute Gasteiger partial charge is 0.432 e. The number of aliphatic hydroxyl groups is 13. The van der Waals surface area contributed by atoms with Crippen molar-refractivity contribution in [2.45, 2.75) is 300 Å². The van der Waals surface area contributed by atoms with Crippen molar-refractivity contribution in [3.8, 4) is 0 Å². The van der Waals surface area contributed by atoms with Gasteiger partial charge in [-0.25, -0.2) is 0 Å². The highest BCUT2D eigenvalue weighted by molar-refractivity contribution is 5.79. The Hall–Kier alpha value is -1.67. The third kappa shape index (κ3) is 10.8. The van der Waals surface area contributed by atoms with Gasteiger partial charge < -0.3 is 114 Å². The predicted octanol–water partition coefficient (Wildman–Crippen LogP) is -0.101. The Morgan fingerprint density at radius 3 is 1.56 bits per heavy atom. The topological polar surface area (TPSA) is 372 Å². The van der Waals surface area contributed by atoms with Gasteiger partial charge in [0.1, 0.15) is 91.6 Å². The predicted molar refractivity (Wildman–Crippen MR) is 290 cm³/mol. The van der Waals surface area contributed by atoms with Crippen LogP contribution >= 0.6 is 0 Å². The lowest BCUT2D eigenvalue weighted by Gasteiger charge is -2.71. The first kappa shape index (κ1) is 65.3. The van der Waals surface area contributed by atoms with E-state index in [1.165, 1.54) is 26.3 Å². The molecule has 5 heterocycles. The number of aliphatic hydroxyl groups excluding tert-OH is 13. The van der Waals surface area contributed by atoms with Gasteiger partial charge in [0, 0.05) is 0 Å². The smallest absolute Gasteiger partial charge is 0.315 e. The molecule has 10 rings (SSSR count). The highest BCUT2D eigenvalue weighted by Crippen LogP contribution is 2.76. The molecule has 24 nitrogen and oxygen atoms in total. The molecule has 0 radical (unpaired) electrons. The molecule has 84 heavy (non-hydrogen) atoms. The molecule has 0 spiro atoms. The monoisotopic (exact) mass is 1200 g/mol. The second-order valence-corrected chi connectivity index (χ2v) is 29.1. The lowest BCUT2D eigenvalue weighted by Crippen LogP contribution is -2.67. The highest BCUT2D eigenvalue weighted by Gasteiger charge is 2.70. The van der Waals surface area contributed by atoms with Crippen molar-refractivity contribution in [3.63, 3.8) is 0 Å². The molecule has 5 aliphatic heterocycles. The molecule has 9 fully saturated rings. The number of esters is 1. The van der Waals surface area contributed by atoms with Crippen LogP contribution in [0.5, 0.6) is 0 Å². The van der Waals surface area contributed by atoms with Crippen LogP contribution in [0.1, 0.15) is 140 Å². The van der Waals surface area contributed by atoms with Crippen molar-refractivity contribution in [2.24, 2.45) is 50.2 Å². The Bertz CT molecular complexity index is 2360. The van der Waals surface area contributed by atoms with Crippen molar-refractivity contribution in [1.82, 2.24) is 0 Å². The van der Waals surface area contributed by atoms with Crippen LogP contribution in [-0.4, -0.2) is 239 Å². The summed E-state index contributed by atoms with van der Waals surface area (Å²) >= 11 is 0. The number of carbonyl (C=O) groups is 1. The van der Waals surface area contributed by atoms with E-state index in [0.717, 1.165) is 25.7 Å². The van der Waals surface area contributed by atoms with Crippen LogP contribution in [-0.2, 0) is 52.2 Å². The van der Waals surface area contributed by atoms with Gasteiger partial charge in [0.05, 0.1) is 42.5 Å². The van der Waals surface area contributed by atoms with Gasteiger partial charge in [0.2, 0.25) is 6.29 Å². The summed E-state index contributed by atoms with van der Waals surface area (Å²) in [5.41, 5.74) is -1.32. The standard InChI is InChI=1S/C60H98O24/c1-24-34(61)39(66)44(71)49(76-24)75-23-30-38(65)43(70)48(83-51-46(73)41(68)36(63)26(3)78-51)53(80-30)84-54(74)60-20-18-55(5,6)22-29(60)28-12-13-32-57(9)16-15-33(56(7,8)31(57)14-17-59(32,11)58(28,10)19-21-60)81-52-47(42(69)37(64)27(4)79-52)82-50-45(72)40(67)35(62)25(2)77-50/h12,24-27,29-53,61-73H,13-23H2,1-11H3/t24-,25+,26+,27-,29+,30-,31+,32-,33+,34+,35+,36+,37+,38-,39+,40-,41-,42+,43+,44-,45-,46-,47-,48-,49-,50+,51+,52+,53+,57+,58-,59-,60+/m1/s1. The van der Waals surface area contributed by atoms with E-state index in [9.17, 15) is 66.4 Å². The molecule has 0 amide bonds. The fourth-order valence-electron chi connectivity index (χ4n) is 17.7. The zero-order valence-corrected chi connectivity index (χ0v) is 50.4. The summed E-state index contributed by atoms with van der Waals surface area (Å²) in [5.74, 6) is -0.542. The van der Waals surface area contributed by atoms with Gasteiger partial charge in [-0.1, -0.05) is 60.1 Å². The van der Waals surface area contributed by atoms with Crippen molar-refractivity contribution < 1.29 is 119 Å². The van der Waals surface area contributed by atoms with E-state index in [0.29, 0.717) is 38.5 Å². The average Bonchev–Trinajstić information content (AvgIpc) is 0.702. The summed E-state index contributed by atoms with van der Waals surface area (Å²) in [6.07, 6.45) is -28.2. The van der Waals surface area contributed by atoms with Gasteiger partial charge in [0.15, 0.2) is 31.3 Å². The summed E-state index contributed by atoms with van der Waals surface area (Å²) in [5, 5.41) is 142. The van der Waals surface area contributed by atoms with E-state index in [-0.39, 0.29) is 39.4 Å². The van der Waals surface area contributed by atoms with Crippen LogP contribution in [0.3, 0.4) is 0 Å². The molecule has 5 aliphatic carbocycles. The van der Waals surface area contributed by atoms with Gasteiger partial charge in [-0.3, -0.25) is 4.79 Å². The zero-order chi connectivity index (χ0) is 61.5. The van der Waals surface area contributed by atoms with Crippen LogP contribution in [0.15, 0.2) is 11.6 Å². The van der Waals surface area contributed by atoms with Gasteiger partial charge in [-0.2, -0.15) is 0 Å². The number of ether oxygens (including phenoxy) is 10. The first-order valence-corrected chi connectivity index (χ1v) is 30.8. The third-order valence-corrected chi connectivity index (χ3v) is 23.4. The first-order valence-electron chi connectivity index (χ1n) is 30.8. The molecule has 0 aromatic rings. The van der Waals surface area contributed by atoms with Crippen molar-refractivity contribution in [3.05, 3.63) is 11.6 Å². The molecule has 13 N–H and O–H groups in total. The van der Waals surface area contributed by atoms with Gasteiger partial charge in [-0.05, 0) is 137 Å². The van der Waals surface area contributed by atoms with Crippen molar-refractivity contribution in [1.29, 1.82) is 0 Å². The molecular weight excluding hydrogens is 1100 g/mol. The molecule has 10 aliphatic rings. The Labute approximate surface area is 491 Å². The van der Waals surface area contributed by atoms with E-state index >= 15 is 4.79 Å². The lowest BCUT2D eigenvalue weighted by atomic mass is 9.33. The molecule has 24 heteroatoms. The van der Waals surface area contributed by atoms with Crippen molar-refractivity contribution >= 4 is 5.97 Å². The SMILES string of the molecule is C[C@@H]1O[C@@H](O[C@H]2[C@H](O[C@H]3CC[C@]4(C)[C@H]5CC=C6[C@@H]7CC(C)(C)CC[C@]7(C(=O)O[C@@H]7O[C@H](CO[C@@H]8O[C@H](C)[C@H](O)[C@H](O)[C@H]8O)[C@@H](O)[C@H](O)[C@H]7O[C@@H]7O[C@@H](C)[C@H](O)[C@@H](O)[C@H]7O)CC[C@@]6(C)[C@]5(C)CC[C@H]4C3(C)C)O[C@H](C)[C@H](O)[C@@H]2O)[C@H](O)[C@H](O)[C@H]1O. The van der Waals surface area contributed by atoms with E-state index in [2.05, 4.69) is 54.5 Å². The number of hydrogen-bond donors (Lipinski definition) is 13. The van der Waals surface area contributed by atoms with E-state index in [4.69, 9.17) is 47.4 Å². The van der Waals surface area contributed by atoms with Gasteiger partial charge >= 0.3 is 5.97 Å². The summed E-state index contributed by atoms with van der Waals surface area (Å²) in [4.78, 5) is 15.7. The Balaban J connectivity index is 0.902. The minimum atomic E-state index is -1.90. The second kappa shape index (κ2) is 23.5. The van der Waals surface area contributed by atoms with Crippen molar-refractivity contribution in [2.75, 3.05) is 6.61 Å². The number of allylic oxidation sites excluding steroid dienone is 2. The average molecular weight is 1200 g/mol. The number of carbonyl (C=O) groups excluding carboxylic acids is 1. The first-order chi connectivity index (χ1) is 39.1. The number of fused-ring (bicyclic) bond motifs is 7. The zero-order valence-electron chi connectivity index (χ0n) is 50.4. The van der Waals surface area contributed by atoms with E-state index in [1.54, 1.807) is 6.92 Å². The summed E-state index contributed by atoms with van der Waals surface area (Å²) in [6, 6.07) is 0. The maximum atomic E-state index is 15.7. The normalized spacial score (nSPS) is 55.5. The maximum Gasteiger partial charge on any atom is 0.315 e. The molecule has 0 bridgehead atoms. The highest BCUT2D eigenvalue weighted by atomic mass is 16.8. The molecule has 0 aromatic carbocycles. The van der Waals surface area contributed by atoms with Crippen LogP contribution in [0.4, 0.5) is 0 Å². The van der Waals surface area contributed by atoms with Crippen LogP contribution < -0.4 is 0 Å². The Morgan fingerprint density at radius 2 is 0.988 bits per heavy atom. The fourth-order valence-corrected chi connectivity index (χ4v) is 17.7. The summed E-state index contributed by atoms with van der Waals surface area (Å²) in [6.45, 7) is 21.6. The Kier molecular flexibility index (Phi) is 18.3. The molecule has 4 saturated carbocycles. The minimum absolute atomic E-state index is 0.150. The number of hydrogen-bond acceptors (Lipinski definition) is 24. The molecule has 482 valence electrons. The lowest BCUT2D eigenvalue weighted by molar-refractivity contribution is -0.373. The maximum absolute atomic E-state index is 15.7. The summed E-state index contributed by atoms with van der Waals surface area (Å²) in [7, 11) is 0. The van der Waals surface area contributed by atoms with Crippen LogP contribution in [0.2, 0.25) is 0 Å². The second-order valence-electron chi connectivity index (χ2n) is 29.1. The molecule has 0 unspecified atom stereocenters. The van der Waals surface area contributed by atoms with E-state index in [1.807, 2.05) is 0 Å². The van der Waals surface area contributed by atoms with Gasteiger partial charge in [0.25, 0.3) is 0 Å². The minimum Gasteiger partial charge on any atom is -0.432 e. The Morgan fingerprint density at radius 1 is 0.500 bits per heavy atom. The number of rotatable bonds is 11. The molecular formula is C60H98O24. The van der Waals surface area contributed by atoms with E-state index < -0.39 is 183 Å². The molecule has 33 atom stereocenters. The quantitative estimate of drug-likeness (QED) is 0.0730. The van der Waals surface area contributed by atoms with Gasteiger partial charge in [-0.15, -0.1) is 0 Å². The van der Waals surface area contributed by atoms with Crippen LogP contribution in [0.25, 0.3) is 0 Å². The summed E-state index contributed by atoms with van der Waals surface area (Å²) < 4.78 is 61.2. The molecule has 0 aromatic heterocycles. The third-order valence-electron chi connectivity index (χ3n) is 23.4. The van der Waals surface area contributed by atoms with Crippen LogP contribution in [0, 0.1) is 50.2 Å².